The van der Waals surface area contributed by atoms with E-state index in [9.17, 15) is 9.59 Å². The van der Waals surface area contributed by atoms with Crippen molar-refractivity contribution in [3.05, 3.63) is 34.8 Å². The van der Waals surface area contributed by atoms with Gasteiger partial charge in [0.2, 0.25) is 5.91 Å². The first-order chi connectivity index (χ1) is 11.8. The Bertz CT molecular complexity index is 771. The number of hydrogen-bond acceptors (Lipinski definition) is 4. The summed E-state index contributed by atoms with van der Waals surface area (Å²) >= 11 is 0. The van der Waals surface area contributed by atoms with Crippen LogP contribution in [0.15, 0.2) is 16.7 Å². The largest absolute Gasteiger partial charge is 0.360 e. The fourth-order valence-electron chi connectivity index (χ4n) is 2.95. The molecule has 0 aliphatic rings. The molecule has 0 saturated carbocycles. The molecule has 0 aromatic carbocycles. The van der Waals surface area contributed by atoms with Gasteiger partial charge in [0, 0.05) is 37.6 Å². The summed E-state index contributed by atoms with van der Waals surface area (Å²) in [6, 6.07) is 3.64. The fourth-order valence-corrected chi connectivity index (χ4v) is 2.95. The van der Waals surface area contributed by atoms with Crippen molar-refractivity contribution >= 4 is 11.8 Å². The molecule has 2 rings (SSSR count). The normalized spacial score (nSPS) is 10.8. The van der Waals surface area contributed by atoms with Gasteiger partial charge in [0.05, 0.1) is 12.1 Å². The topological polar surface area (TPSA) is 71.6 Å². The van der Waals surface area contributed by atoms with Crippen LogP contribution in [-0.2, 0) is 4.79 Å². The van der Waals surface area contributed by atoms with Gasteiger partial charge < -0.3 is 14.3 Å². The zero-order valence-electron chi connectivity index (χ0n) is 15.8. The van der Waals surface area contributed by atoms with Gasteiger partial charge in [-0.2, -0.15) is 0 Å². The van der Waals surface area contributed by atoms with Crippen molar-refractivity contribution in [2.75, 3.05) is 26.7 Å². The van der Waals surface area contributed by atoms with Crippen LogP contribution < -0.4 is 0 Å². The molecule has 2 amide bonds. The molecule has 7 nitrogen and oxygen atoms in total. The van der Waals surface area contributed by atoms with Gasteiger partial charge >= 0.3 is 0 Å². The highest BCUT2D eigenvalue weighted by molar-refractivity contribution is 5.97. The Morgan fingerprint density at radius 1 is 1.16 bits per heavy atom. The van der Waals surface area contributed by atoms with E-state index in [0.29, 0.717) is 30.2 Å². The fraction of sp³-hybridized carbons (Fsp3) is 0.500. The van der Waals surface area contributed by atoms with E-state index in [2.05, 4.69) is 5.16 Å². The maximum Gasteiger partial charge on any atom is 0.255 e. The number of amides is 2. The van der Waals surface area contributed by atoms with Crippen molar-refractivity contribution in [2.24, 2.45) is 0 Å². The summed E-state index contributed by atoms with van der Waals surface area (Å²) in [7, 11) is 1.65. The third kappa shape index (κ3) is 3.75. The summed E-state index contributed by atoms with van der Waals surface area (Å²) in [5.41, 5.74) is 2.23. The Kier molecular flexibility index (Phi) is 5.66. The van der Waals surface area contributed by atoms with Gasteiger partial charge in [-0.25, -0.2) is 0 Å². The molecule has 7 heteroatoms. The van der Waals surface area contributed by atoms with E-state index in [1.54, 1.807) is 11.9 Å². The number of aromatic nitrogens is 2. The molecule has 2 aromatic rings. The predicted molar refractivity (Wildman–Crippen MR) is 94.9 cm³/mol. The first-order valence-electron chi connectivity index (χ1n) is 8.45. The average molecular weight is 346 g/mol. The van der Waals surface area contributed by atoms with Crippen LogP contribution in [0.4, 0.5) is 0 Å². The SMILES string of the molecule is CCN(CC)C(=O)CN(C)C(=O)c1cc(C)n(-c2cc(C)on2)c1C. The Labute approximate surface area is 148 Å². The average Bonchev–Trinajstić information content (AvgIpc) is 3.10. The summed E-state index contributed by atoms with van der Waals surface area (Å²) in [6.45, 7) is 10.8. The summed E-state index contributed by atoms with van der Waals surface area (Å²) in [6.07, 6.45) is 0. The van der Waals surface area contributed by atoms with Crippen LogP contribution in [0.25, 0.3) is 5.82 Å². The third-order valence-electron chi connectivity index (χ3n) is 4.34. The van der Waals surface area contributed by atoms with Crippen LogP contribution in [0.1, 0.15) is 41.4 Å². The summed E-state index contributed by atoms with van der Waals surface area (Å²) < 4.78 is 7.01. The van der Waals surface area contributed by atoms with Gasteiger partial charge in [0.1, 0.15) is 5.76 Å². The van der Waals surface area contributed by atoms with E-state index in [-0.39, 0.29) is 18.4 Å². The predicted octanol–water partition coefficient (Wildman–Crippen LogP) is 2.33. The van der Waals surface area contributed by atoms with E-state index in [1.807, 2.05) is 51.3 Å². The highest BCUT2D eigenvalue weighted by Crippen LogP contribution is 2.21. The Balaban J connectivity index is 2.24. The molecule has 0 bridgehead atoms. The second-order valence-electron chi connectivity index (χ2n) is 6.14. The molecule has 0 saturated heterocycles. The number of nitrogens with zero attached hydrogens (tertiary/aromatic N) is 4. The first-order valence-corrected chi connectivity index (χ1v) is 8.45. The molecular formula is C18H26N4O3. The Morgan fingerprint density at radius 2 is 1.80 bits per heavy atom. The van der Waals surface area contributed by atoms with Gasteiger partial charge in [-0.3, -0.25) is 14.2 Å². The standard InChI is InChI=1S/C18H26N4O3/c1-7-21(8-2)17(23)11-20(6)18(24)15-9-12(3)22(14(15)5)16-10-13(4)25-19-16/h9-10H,7-8,11H2,1-6H3. The Morgan fingerprint density at radius 3 is 2.32 bits per heavy atom. The van der Waals surface area contributed by atoms with Gasteiger partial charge in [0.25, 0.3) is 5.91 Å². The van der Waals surface area contributed by atoms with Crippen molar-refractivity contribution < 1.29 is 14.1 Å². The maximum atomic E-state index is 12.8. The van der Waals surface area contributed by atoms with Crippen LogP contribution in [0.5, 0.6) is 0 Å². The lowest BCUT2D eigenvalue weighted by atomic mass is 10.2. The minimum atomic E-state index is -0.180. The second kappa shape index (κ2) is 7.55. The molecule has 25 heavy (non-hydrogen) atoms. The van der Waals surface area contributed by atoms with Gasteiger partial charge in [-0.05, 0) is 40.7 Å². The number of carbonyl (C=O) groups is 2. The molecule has 136 valence electrons. The van der Waals surface area contributed by atoms with E-state index >= 15 is 0 Å². The molecule has 0 N–H and O–H groups in total. The summed E-state index contributed by atoms with van der Waals surface area (Å²) in [5, 5.41) is 4.02. The van der Waals surface area contributed by atoms with E-state index in [0.717, 1.165) is 11.4 Å². The molecular weight excluding hydrogens is 320 g/mol. The van der Waals surface area contributed by atoms with Crippen molar-refractivity contribution in [3.8, 4) is 5.82 Å². The molecule has 2 heterocycles. The van der Waals surface area contributed by atoms with Crippen molar-refractivity contribution in [1.82, 2.24) is 19.5 Å². The molecule has 0 aliphatic heterocycles. The number of hydrogen-bond donors (Lipinski definition) is 0. The van der Waals surface area contributed by atoms with E-state index in [4.69, 9.17) is 4.52 Å². The minimum absolute atomic E-state index is 0.0539. The number of likely N-dealkylation sites (N-methyl/N-ethyl adjacent to an activating group) is 2. The second-order valence-corrected chi connectivity index (χ2v) is 6.14. The van der Waals surface area contributed by atoms with E-state index in [1.165, 1.54) is 4.90 Å². The van der Waals surface area contributed by atoms with Crippen molar-refractivity contribution in [1.29, 1.82) is 0 Å². The quantitative estimate of drug-likeness (QED) is 0.805. The molecule has 2 aromatic heterocycles. The molecule has 0 atom stereocenters. The molecule has 0 fully saturated rings. The molecule has 0 aliphatic carbocycles. The monoisotopic (exact) mass is 346 g/mol. The highest BCUT2D eigenvalue weighted by Gasteiger charge is 2.23. The van der Waals surface area contributed by atoms with Gasteiger partial charge in [-0.1, -0.05) is 5.16 Å². The lowest BCUT2D eigenvalue weighted by Crippen LogP contribution is -2.41. The number of carbonyl (C=O) groups excluding carboxylic acids is 2. The lowest BCUT2D eigenvalue weighted by Gasteiger charge is -2.23. The summed E-state index contributed by atoms with van der Waals surface area (Å²) in [5.74, 6) is 1.12. The minimum Gasteiger partial charge on any atom is -0.360 e. The maximum absolute atomic E-state index is 12.8. The van der Waals surface area contributed by atoms with Crippen LogP contribution in [0.3, 0.4) is 0 Å². The zero-order valence-corrected chi connectivity index (χ0v) is 15.8. The van der Waals surface area contributed by atoms with Crippen LogP contribution >= 0.6 is 0 Å². The van der Waals surface area contributed by atoms with Crippen LogP contribution in [-0.4, -0.2) is 58.0 Å². The Hall–Kier alpha value is -2.57. The smallest absolute Gasteiger partial charge is 0.255 e. The molecule has 0 spiro atoms. The molecule has 0 radical (unpaired) electrons. The molecule has 0 unspecified atom stereocenters. The zero-order chi connectivity index (χ0) is 18.7. The van der Waals surface area contributed by atoms with Crippen LogP contribution in [0, 0.1) is 20.8 Å². The first kappa shape index (κ1) is 18.8. The van der Waals surface area contributed by atoms with Crippen molar-refractivity contribution in [3.63, 3.8) is 0 Å². The number of rotatable bonds is 6. The van der Waals surface area contributed by atoms with Gasteiger partial charge in [-0.15, -0.1) is 0 Å². The van der Waals surface area contributed by atoms with Gasteiger partial charge in [0.15, 0.2) is 5.82 Å². The lowest BCUT2D eigenvalue weighted by molar-refractivity contribution is -0.131. The van der Waals surface area contributed by atoms with Crippen LogP contribution in [0.2, 0.25) is 0 Å². The third-order valence-corrected chi connectivity index (χ3v) is 4.34. The van der Waals surface area contributed by atoms with Crippen molar-refractivity contribution in [2.45, 2.75) is 34.6 Å². The van der Waals surface area contributed by atoms with E-state index < -0.39 is 0 Å². The summed E-state index contributed by atoms with van der Waals surface area (Å²) in [4.78, 5) is 28.2. The number of aryl methyl sites for hydroxylation is 2. The highest BCUT2D eigenvalue weighted by atomic mass is 16.5.